The fourth-order valence-corrected chi connectivity index (χ4v) is 2.11. The highest BCUT2D eigenvalue weighted by molar-refractivity contribution is 7.15. The van der Waals surface area contributed by atoms with Crippen LogP contribution >= 0.6 is 11.3 Å². The van der Waals surface area contributed by atoms with Crippen molar-refractivity contribution >= 4 is 22.6 Å². The van der Waals surface area contributed by atoms with Crippen LogP contribution in [0, 0.1) is 5.92 Å². The van der Waals surface area contributed by atoms with Gasteiger partial charge in [0.05, 0.1) is 6.61 Å². The molecule has 0 aliphatic carbocycles. The highest BCUT2D eigenvalue weighted by Gasteiger charge is 2.09. The van der Waals surface area contributed by atoms with Crippen LogP contribution in [0.3, 0.4) is 0 Å². The van der Waals surface area contributed by atoms with Crippen LogP contribution in [-0.2, 0) is 11.2 Å². The third-order valence-electron chi connectivity index (χ3n) is 1.99. The van der Waals surface area contributed by atoms with Crippen molar-refractivity contribution in [2.24, 2.45) is 5.92 Å². The van der Waals surface area contributed by atoms with Crippen molar-refractivity contribution in [2.75, 3.05) is 11.9 Å². The topological polar surface area (TPSA) is 64.1 Å². The lowest BCUT2D eigenvalue weighted by Crippen LogP contribution is -2.14. The first-order chi connectivity index (χ1) is 8.11. The van der Waals surface area contributed by atoms with Crippen LogP contribution in [0.25, 0.3) is 0 Å². The van der Waals surface area contributed by atoms with Gasteiger partial charge in [-0.25, -0.2) is 4.79 Å². The zero-order valence-electron chi connectivity index (χ0n) is 10.5. The molecular formula is C11H19N3O2S. The number of amides is 1. The minimum absolute atomic E-state index is 0.444. The molecule has 0 saturated carbocycles. The second-order valence-electron chi connectivity index (χ2n) is 4.21. The predicted molar refractivity (Wildman–Crippen MR) is 68.3 cm³/mol. The van der Waals surface area contributed by atoms with Gasteiger partial charge >= 0.3 is 6.09 Å². The fourth-order valence-electron chi connectivity index (χ4n) is 1.17. The number of ether oxygens (including phenoxy) is 1. The van der Waals surface area contributed by atoms with E-state index in [0.717, 1.165) is 24.3 Å². The first-order valence-electron chi connectivity index (χ1n) is 5.88. The van der Waals surface area contributed by atoms with E-state index in [-0.39, 0.29) is 0 Å². The number of aromatic nitrogens is 2. The van der Waals surface area contributed by atoms with Crippen LogP contribution in [0.15, 0.2) is 0 Å². The molecule has 17 heavy (non-hydrogen) atoms. The molecule has 0 aliphatic rings. The number of carbonyl (C=O) groups is 1. The molecular weight excluding hydrogens is 238 g/mol. The molecule has 1 aromatic rings. The second-order valence-corrected chi connectivity index (χ2v) is 5.28. The summed E-state index contributed by atoms with van der Waals surface area (Å²) in [6.45, 7) is 6.73. The number of unbranched alkanes of at least 4 members (excludes halogenated alkanes) is 1. The summed E-state index contributed by atoms with van der Waals surface area (Å²) in [6, 6.07) is 0. The quantitative estimate of drug-likeness (QED) is 0.795. The fraction of sp³-hybridized carbons (Fsp3) is 0.727. The monoisotopic (exact) mass is 257 g/mol. The highest BCUT2D eigenvalue weighted by Crippen LogP contribution is 2.18. The Hall–Kier alpha value is -1.17. The predicted octanol–water partition coefficient (Wildman–Crippen LogP) is 3.09. The lowest BCUT2D eigenvalue weighted by atomic mass is 10.1. The van der Waals surface area contributed by atoms with E-state index in [1.807, 2.05) is 6.92 Å². The maximum atomic E-state index is 11.3. The number of nitrogens with zero attached hydrogens (tertiary/aromatic N) is 2. The van der Waals surface area contributed by atoms with E-state index in [0.29, 0.717) is 17.7 Å². The molecule has 0 atom stereocenters. The smallest absolute Gasteiger partial charge is 0.413 e. The Balaban J connectivity index is 2.35. The molecule has 1 heterocycles. The Labute approximate surface area is 106 Å². The van der Waals surface area contributed by atoms with Gasteiger partial charge in [-0.1, -0.05) is 38.5 Å². The maximum Gasteiger partial charge on any atom is 0.413 e. The Morgan fingerprint density at radius 1 is 1.47 bits per heavy atom. The van der Waals surface area contributed by atoms with Gasteiger partial charge in [0.25, 0.3) is 0 Å². The van der Waals surface area contributed by atoms with E-state index >= 15 is 0 Å². The van der Waals surface area contributed by atoms with E-state index in [2.05, 4.69) is 29.4 Å². The standard InChI is InChI=1S/C11H19N3O2S/c1-4-5-6-16-11(15)12-10-14-13-9(17-10)7-8(2)3/h8H,4-7H2,1-3H3,(H,12,14,15). The lowest BCUT2D eigenvalue weighted by Gasteiger charge is -2.02. The molecule has 0 bridgehead atoms. The first-order valence-corrected chi connectivity index (χ1v) is 6.69. The number of carbonyl (C=O) groups excluding carboxylic acids is 1. The number of rotatable bonds is 6. The summed E-state index contributed by atoms with van der Waals surface area (Å²) in [5, 5.41) is 11.9. The van der Waals surface area contributed by atoms with Gasteiger partial charge in [0.1, 0.15) is 5.01 Å². The van der Waals surface area contributed by atoms with Gasteiger partial charge < -0.3 is 4.74 Å². The third-order valence-corrected chi connectivity index (χ3v) is 2.85. The Kier molecular flexibility index (Phi) is 5.90. The van der Waals surface area contributed by atoms with Gasteiger partial charge in [-0.3, -0.25) is 5.32 Å². The molecule has 0 aromatic carbocycles. The zero-order chi connectivity index (χ0) is 12.7. The largest absolute Gasteiger partial charge is 0.449 e. The van der Waals surface area contributed by atoms with Crippen molar-refractivity contribution in [2.45, 2.75) is 40.0 Å². The van der Waals surface area contributed by atoms with Crippen LogP contribution in [0.5, 0.6) is 0 Å². The molecule has 0 fully saturated rings. The van der Waals surface area contributed by atoms with Gasteiger partial charge in [0.2, 0.25) is 5.13 Å². The van der Waals surface area contributed by atoms with Crippen LogP contribution in [-0.4, -0.2) is 22.9 Å². The molecule has 1 amide bonds. The van der Waals surface area contributed by atoms with E-state index in [4.69, 9.17) is 4.74 Å². The molecule has 1 rings (SSSR count). The normalized spacial score (nSPS) is 10.6. The van der Waals surface area contributed by atoms with Crippen molar-refractivity contribution in [1.29, 1.82) is 0 Å². The average Bonchev–Trinajstić information content (AvgIpc) is 2.64. The average molecular weight is 257 g/mol. The number of hydrogen-bond donors (Lipinski definition) is 1. The Morgan fingerprint density at radius 3 is 2.88 bits per heavy atom. The number of nitrogens with one attached hydrogen (secondary N) is 1. The van der Waals surface area contributed by atoms with Crippen molar-refractivity contribution in [3.05, 3.63) is 5.01 Å². The van der Waals surface area contributed by atoms with Crippen LogP contribution in [0.1, 0.15) is 38.6 Å². The van der Waals surface area contributed by atoms with Crippen LogP contribution in [0.2, 0.25) is 0 Å². The molecule has 1 N–H and O–H groups in total. The van der Waals surface area contributed by atoms with Gasteiger partial charge in [0, 0.05) is 6.42 Å². The summed E-state index contributed by atoms with van der Waals surface area (Å²) >= 11 is 1.39. The lowest BCUT2D eigenvalue weighted by molar-refractivity contribution is 0.160. The van der Waals surface area contributed by atoms with Crippen molar-refractivity contribution in [3.8, 4) is 0 Å². The SMILES string of the molecule is CCCCOC(=O)Nc1nnc(CC(C)C)s1. The molecule has 0 spiro atoms. The van der Waals surface area contributed by atoms with E-state index in [9.17, 15) is 4.79 Å². The van der Waals surface area contributed by atoms with Crippen LogP contribution < -0.4 is 5.32 Å². The van der Waals surface area contributed by atoms with Gasteiger partial charge in [-0.05, 0) is 12.3 Å². The van der Waals surface area contributed by atoms with Crippen molar-refractivity contribution < 1.29 is 9.53 Å². The molecule has 96 valence electrons. The molecule has 0 unspecified atom stereocenters. The van der Waals surface area contributed by atoms with Gasteiger partial charge in [-0.2, -0.15) is 0 Å². The molecule has 6 heteroatoms. The minimum Gasteiger partial charge on any atom is -0.449 e. The highest BCUT2D eigenvalue weighted by atomic mass is 32.1. The Morgan fingerprint density at radius 2 is 2.24 bits per heavy atom. The molecule has 0 radical (unpaired) electrons. The van der Waals surface area contributed by atoms with E-state index in [1.165, 1.54) is 11.3 Å². The zero-order valence-corrected chi connectivity index (χ0v) is 11.3. The molecule has 0 aliphatic heterocycles. The number of anilines is 1. The van der Waals surface area contributed by atoms with Crippen LogP contribution in [0.4, 0.5) is 9.93 Å². The summed E-state index contributed by atoms with van der Waals surface area (Å²) in [6.07, 6.45) is 2.31. The third kappa shape index (κ3) is 5.63. The second kappa shape index (κ2) is 7.21. The number of hydrogen-bond acceptors (Lipinski definition) is 5. The van der Waals surface area contributed by atoms with Gasteiger partial charge in [-0.15, -0.1) is 10.2 Å². The summed E-state index contributed by atoms with van der Waals surface area (Å²) in [5.41, 5.74) is 0. The Bertz CT molecular complexity index is 352. The van der Waals surface area contributed by atoms with Gasteiger partial charge in [0.15, 0.2) is 0 Å². The summed E-state index contributed by atoms with van der Waals surface area (Å²) in [5.74, 6) is 0.535. The summed E-state index contributed by atoms with van der Waals surface area (Å²) < 4.78 is 4.97. The molecule has 5 nitrogen and oxygen atoms in total. The minimum atomic E-state index is -0.453. The molecule has 1 aromatic heterocycles. The van der Waals surface area contributed by atoms with Crippen molar-refractivity contribution in [1.82, 2.24) is 10.2 Å². The maximum absolute atomic E-state index is 11.3. The molecule has 0 saturated heterocycles. The summed E-state index contributed by atoms with van der Waals surface area (Å²) in [7, 11) is 0. The van der Waals surface area contributed by atoms with E-state index in [1.54, 1.807) is 0 Å². The summed E-state index contributed by atoms with van der Waals surface area (Å²) in [4.78, 5) is 11.3. The first kappa shape index (κ1) is 13.9. The van der Waals surface area contributed by atoms with E-state index < -0.39 is 6.09 Å². The van der Waals surface area contributed by atoms with Crippen molar-refractivity contribution in [3.63, 3.8) is 0 Å².